The standard InChI is InChI=1S/C13H16O3/c1-4-16-12(14)6-5-11-7-9(2)13(15)10(3)8-11/h5-8,15H,4H2,1-3H3. The van der Waals surface area contributed by atoms with Gasteiger partial charge in [-0.05, 0) is 55.7 Å². The maximum absolute atomic E-state index is 11.1. The molecule has 0 radical (unpaired) electrons. The monoisotopic (exact) mass is 220 g/mol. The number of hydrogen-bond donors (Lipinski definition) is 1. The largest absolute Gasteiger partial charge is 0.507 e. The molecule has 0 aliphatic rings. The van der Waals surface area contributed by atoms with E-state index >= 15 is 0 Å². The van der Waals surface area contributed by atoms with E-state index in [0.29, 0.717) is 12.4 Å². The number of ether oxygens (including phenoxy) is 1. The van der Waals surface area contributed by atoms with Gasteiger partial charge in [0.25, 0.3) is 0 Å². The molecule has 0 unspecified atom stereocenters. The molecule has 1 aromatic carbocycles. The van der Waals surface area contributed by atoms with Crippen LogP contribution in [0.4, 0.5) is 0 Å². The highest BCUT2D eigenvalue weighted by Crippen LogP contribution is 2.23. The zero-order valence-corrected chi connectivity index (χ0v) is 9.78. The summed E-state index contributed by atoms with van der Waals surface area (Å²) in [7, 11) is 0. The van der Waals surface area contributed by atoms with Gasteiger partial charge >= 0.3 is 5.97 Å². The van der Waals surface area contributed by atoms with Gasteiger partial charge in [-0.15, -0.1) is 0 Å². The Bertz CT molecular complexity index is 396. The van der Waals surface area contributed by atoms with Crippen molar-refractivity contribution in [3.63, 3.8) is 0 Å². The Morgan fingerprint density at radius 1 is 1.38 bits per heavy atom. The van der Waals surface area contributed by atoms with Crippen molar-refractivity contribution in [2.24, 2.45) is 0 Å². The molecule has 0 spiro atoms. The van der Waals surface area contributed by atoms with Crippen LogP contribution in [0.25, 0.3) is 6.08 Å². The van der Waals surface area contributed by atoms with E-state index in [-0.39, 0.29) is 5.97 Å². The summed E-state index contributed by atoms with van der Waals surface area (Å²) in [5.41, 5.74) is 2.47. The average Bonchev–Trinajstić information content (AvgIpc) is 2.23. The summed E-state index contributed by atoms with van der Waals surface area (Å²) in [4.78, 5) is 11.1. The molecule has 86 valence electrons. The Kier molecular flexibility index (Phi) is 4.11. The number of carbonyl (C=O) groups is 1. The van der Waals surface area contributed by atoms with Crippen LogP contribution in [0.15, 0.2) is 18.2 Å². The van der Waals surface area contributed by atoms with Crippen LogP contribution < -0.4 is 0 Å². The van der Waals surface area contributed by atoms with Gasteiger partial charge in [0.05, 0.1) is 6.61 Å². The van der Waals surface area contributed by atoms with Gasteiger partial charge in [0.2, 0.25) is 0 Å². The van der Waals surface area contributed by atoms with Crippen LogP contribution in [0.1, 0.15) is 23.6 Å². The molecule has 0 saturated carbocycles. The molecule has 3 heteroatoms. The van der Waals surface area contributed by atoms with Crippen LogP contribution >= 0.6 is 0 Å². The van der Waals surface area contributed by atoms with Crippen LogP contribution in [-0.4, -0.2) is 17.7 Å². The first kappa shape index (κ1) is 12.3. The molecule has 1 N–H and O–H groups in total. The minimum Gasteiger partial charge on any atom is -0.507 e. The molecule has 0 saturated heterocycles. The number of phenolic OH excluding ortho intramolecular Hbond substituents is 1. The summed E-state index contributed by atoms with van der Waals surface area (Å²) in [5.74, 6) is -0.0563. The highest BCUT2D eigenvalue weighted by atomic mass is 16.5. The Hall–Kier alpha value is -1.77. The molecule has 16 heavy (non-hydrogen) atoms. The van der Waals surface area contributed by atoms with Gasteiger partial charge < -0.3 is 9.84 Å². The van der Waals surface area contributed by atoms with E-state index in [2.05, 4.69) is 0 Å². The number of rotatable bonds is 3. The van der Waals surface area contributed by atoms with Crippen LogP contribution in [0.2, 0.25) is 0 Å². The van der Waals surface area contributed by atoms with Crippen molar-refractivity contribution in [3.8, 4) is 5.75 Å². The molecule has 1 aromatic rings. The fourth-order valence-electron chi connectivity index (χ4n) is 1.44. The van der Waals surface area contributed by atoms with Crippen molar-refractivity contribution < 1.29 is 14.6 Å². The summed E-state index contributed by atoms with van der Waals surface area (Å²) < 4.78 is 4.77. The number of carbonyl (C=O) groups excluding carboxylic acids is 1. The Labute approximate surface area is 95.4 Å². The predicted octanol–water partition coefficient (Wildman–Crippen LogP) is 2.59. The van der Waals surface area contributed by atoms with Crippen molar-refractivity contribution in [3.05, 3.63) is 34.9 Å². The molecule has 0 amide bonds. The Balaban J connectivity index is 2.86. The van der Waals surface area contributed by atoms with Crippen LogP contribution in [0.3, 0.4) is 0 Å². The van der Waals surface area contributed by atoms with Gasteiger partial charge in [-0.3, -0.25) is 0 Å². The van der Waals surface area contributed by atoms with E-state index in [4.69, 9.17) is 4.74 Å². The van der Waals surface area contributed by atoms with Crippen LogP contribution in [-0.2, 0) is 9.53 Å². The third kappa shape index (κ3) is 3.12. The summed E-state index contributed by atoms with van der Waals surface area (Å²) in [6.07, 6.45) is 3.06. The second-order valence-electron chi connectivity index (χ2n) is 3.59. The van der Waals surface area contributed by atoms with E-state index in [1.807, 2.05) is 26.0 Å². The zero-order chi connectivity index (χ0) is 12.1. The van der Waals surface area contributed by atoms with Crippen LogP contribution in [0, 0.1) is 13.8 Å². The Morgan fingerprint density at radius 2 is 1.94 bits per heavy atom. The van der Waals surface area contributed by atoms with Gasteiger partial charge in [0, 0.05) is 6.08 Å². The third-order valence-corrected chi connectivity index (χ3v) is 2.21. The number of hydrogen-bond acceptors (Lipinski definition) is 3. The normalized spacial score (nSPS) is 10.7. The lowest BCUT2D eigenvalue weighted by molar-refractivity contribution is -0.137. The molecular weight excluding hydrogens is 204 g/mol. The first-order valence-corrected chi connectivity index (χ1v) is 5.19. The molecule has 0 aliphatic heterocycles. The molecule has 3 nitrogen and oxygen atoms in total. The second-order valence-corrected chi connectivity index (χ2v) is 3.59. The minimum absolute atomic E-state index is 0.299. The quantitative estimate of drug-likeness (QED) is 0.629. The fourth-order valence-corrected chi connectivity index (χ4v) is 1.44. The van der Waals surface area contributed by atoms with Gasteiger partial charge in [-0.1, -0.05) is 0 Å². The molecule has 0 fully saturated rings. The van der Waals surface area contributed by atoms with E-state index in [1.165, 1.54) is 6.08 Å². The third-order valence-electron chi connectivity index (χ3n) is 2.21. The molecule has 0 atom stereocenters. The summed E-state index contributed by atoms with van der Waals surface area (Å²) >= 11 is 0. The van der Waals surface area contributed by atoms with Crippen molar-refractivity contribution in [2.75, 3.05) is 6.61 Å². The summed E-state index contributed by atoms with van der Waals surface area (Å²) in [5, 5.41) is 9.58. The number of aromatic hydroxyl groups is 1. The maximum atomic E-state index is 11.1. The van der Waals surface area contributed by atoms with Crippen molar-refractivity contribution >= 4 is 12.0 Å². The highest BCUT2D eigenvalue weighted by molar-refractivity contribution is 5.87. The SMILES string of the molecule is CCOC(=O)C=Cc1cc(C)c(O)c(C)c1. The molecule has 0 aromatic heterocycles. The number of esters is 1. The van der Waals surface area contributed by atoms with E-state index in [0.717, 1.165) is 16.7 Å². The maximum Gasteiger partial charge on any atom is 0.330 e. The lowest BCUT2D eigenvalue weighted by Crippen LogP contribution is -1.98. The molecular formula is C13H16O3. The molecule has 0 heterocycles. The van der Waals surface area contributed by atoms with Gasteiger partial charge in [-0.25, -0.2) is 4.79 Å². The topological polar surface area (TPSA) is 46.5 Å². The molecule has 0 bridgehead atoms. The molecule has 0 aliphatic carbocycles. The van der Waals surface area contributed by atoms with Gasteiger partial charge in [0.1, 0.15) is 5.75 Å². The summed E-state index contributed by atoms with van der Waals surface area (Å²) in [6.45, 7) is 5.78. The first-order valence-electron chi connectivity index (χ1n) is 5.19. The number of phenols is 1. The van der Waals surface area contributed by atoms with E-state index < -0.39 is 0 Å². The first-order chi connectivity index (χ1) is 7.54. The van der Waals surface area contributed by atoms with Gasteiger partial charge in [0.15, 0.2) is 0 Å². The summed E-state index contributed by atoms with van der Waals surface area (Å²) in [6, 6.07) is 3.64. The Morgan fingerprint density at radius 3 is 2.44 bits per heavy atom. The van der Waals surface area contributed by atoms with Crippen molar-refractivity contribution in [2.45, 2.75) is 20.8 Å². The lowest BCUT2D eigenvalue weighted by atomic mass is 10.1. The molecule has 1 rings (SSSR count). The average molecular weight is 220 g/mol. The van der Waals surface area contributed by atoms with E-state index in [9.17, 15) is 9.90 Å². The fraction of sp³-hybridized carbons (Fsp3) is 0.308. The number of benzene rings is 1. The minimum atomic E-state index is -0.356. The number of aryl methyl sites for hydroxylation is 2. The van der Waals surface area contributed by atoms with E-state index in [1.54, 1.807) is 13.0 Å². The van der Waals surface area contributed by atoms with Crippen molar-refractivity contribution in [1.29, 1.82) is 0 Å². The van der Waals surface area contributed by atoms with Crippen molar-refractivity contribution in [1.82, 2.24) is 0 Å². The lowest BCUT2D eigenvalue weighted by Gasteiger charge is -2.04. The van der Waals surface area contributed by atoms with Gasteiger partial charge in [-0.2, -0.15) is 0 Å². The second kappa shape index (κ2) is 5.35. The van der Waals surface area contributed by atoms with Crippen LogP contribution in [0.5, 0.6) is 5.75 Å². The smallest absolute Gasteiger partial charge is 0.330 e. The highest BCUT2D eigenvalue weighted by Gasteiger charge is 2.01. The predicted molar refractivity (Wildman–Crippen MR) is 63.2 cm³/mol. The zero-order valence-electron chi connectivity index (χ0n) is 9.78.